The molecule has 0 unspecified atom stereocenters. The number of aromatic nitrogens is 2. The lowest BCUT2D eigenvalue weighted by Gasteiger charge is -2.19. The Morgan fingerprint density at radius 2 is 2.05 bits per heavy atom. The van der Waals surface area contributed by atoms with Crippen LogP contribution in [-0.2, 0) is 22.1 Å². The fourth-order valence-electron chi connectivity index (χ4n) is 1.13. The first-order valence-corrected chi connectivity index (χ1v) is 12.4. The minimum absolute atomic E-state index is 0.161. The summed E-state index contributed by atoms with van der Waals surface area (Å²) >= 11 is 20.6. The minimum Gasteiger partial charge on any atom is -0.334 e. The van der Waals surface area contributed by atoms with Gasteiger partial charge in [0, 0.05) is 11.5 Å². The van der Waals surface area contributed by atoms with E-state index in [-0.39, 0.29) is 5.28 Å². The lowest BCUT2D eigenvalue weighted by Crippen LogP contribution is -1.92. The first-order chi connectivity index (χ1) is 8.99. The molecule has 0 fully saturated rings. The third-order valence-corrected chi connectivity index (χ3v) is 12.0. The van der Waals surface area contributed by atoms with Gasteiger partial charge in [0.05, 0.1) is 12.3 Å². The van der Waals surface area contributed by atoms with Gasteiger partial charge in [0.15, 0.2) is 4.67 Å². The van der Waals surface area contributed by atoms with E-state index in [1.54, 1.807) is 28.8 Å². The largest absolute Gasteiger partial charge is 0.334 e. The summed E-state index contributed by atoms with van der Waals surface area (Å²) in [7, 11) is 0. The highest BCUT2D eigenvalue weighted by atomic mass is 35.5. The van der Waals surface area contributed by atoms with Gasteiger partial charge in [-0.1, -0.05) is 41.3 Å². The first-order valence-electron chi connectivity index (χ1n) is 5.71. The summed E-state index contributed by atoms with van der Waals surface area (Å²) in [6.45, 7) is 4.73. The van der Waals surface area contributed by atoms with E-state index in [1.165, 1.54) is 0 Å². The van der Waals surface area contributed by atoms with Crippen LogP contribution in [-0.4, -0.2) is 22.3 Å². The average Bonchev–Trinajstić information content (AvgIpc) is 2.34. The molecule has 0 bridgehead atoms. The van der Waals surface area contributed by atoms with Gasteiger partial charge >= 0.3 is 0 Å². The second kappa shape index (κ2) is 9.08. The first kappa shape index (κ1) is 18.0. The zero-order valence-corrected chi connectivity index (χ0v) is 15.5. The summed E-state index contributed by atoms with van der Waals surface area (Å²) in [5.41, 5.74) is 0.779. The van der Waals surface area contributed by atoms with Crippen molar-refractivity contribution in [3.05, 3.63) is 22.2 Å². The maximum Gasteiger partial charge on any atom is 0.224 e. The molecule has 1 atom stereocenters. The quantitative estimate of drug-likeness (QED) is 0.342. The van der Waals surface area contributed by atoms with Crippen LogP contribution in [0.1, 0.15) is 26.0 Å². The molecule has 0 aliphatic rings. The van der Waals surface area contributed by atoms with Gasteiger partial charge in [0.1, 0.15) is 5.15 Å². The summed E-state index contributed by atoms with van der Waals surface area (Å²) < 4.78 is 3.84. The molecule has 0 aromatic carbocycles. The molecule has 0 saturated heterocycles. The van der Waals surface area contributed by atoms with Crippen LogP contribution in [0.25, 0.3) is 0 Å². The molecule has 0 saturated carbocycles. The summed E-state index contributed by atoms with van der Waals surface area (Å²) in [5.74, 6) is 1.64. The van der Waals surface area contributed by atoms with Crippen LogP contribution in [0.3, 0.4) is 0 Å². The molecular formula is C10H15Cl2N2OPS3. The molecule has 3 nitrogen and oxygen atoms in total. The van der Waals surface area contributed by atoms with Gasteiger partial charge in [0.25, 0.3) is 0 Å². The molecule has 0 spiro atoms. The minimum atomic E-state index is -1.91. The Balaban J connectivity index is 2.67. The lowest BCUT2D eigenvalue weighted by atomic mass is 10.5. The van der Waals surface area contributed by atoms with E-state index >= 15 is 0 Å². The molecule has 0 aliphatic carbocycles. The Morgan fingerprint density at radius 3 is 2.63 bits per heavy atom. The van der Waals surface area contributed by atoms with Gasteiger partial charge < -0.3 is 4.52 Å². The molecule has 108 valence electrons. The molecule has 0 radical (unpaired) electrons. The number of halogens is 2. The molecule has 0 amide bonds. The lowest BCUT2D eigenvalue weighted by molar-refractivity contribution is 0.393. The molecule has 0 aliphatic heterocycles. The zero-order chi connectivity index (χ0) is 14.3. The van der Waals surface area contributed by atoms with Crippen LogP contribution in [0.5, 0.6) is 0 Å². The molecule has 1 heterocycles. The Bertz CT molecular complexity index is 444. The monoisotopic (exact) mass is 376 g/mol. The predicted molar refractivity (Wildman–Crippen MR) is 92.0 cm³/mol. The van der Waals surface area contributed by atoms with Crippen molar-refractivity contribution in [1.82, 2.24) is 9.97 Å². The fraction of sp³-hybridized carbons (Fsp3) is 0.600. The molecule has 19 heavy (non-hydrogen) atoms. The fourth-order valence-corrected chi connectivity index (χ4v) is 9.63. The standard InChI is InChI=1S/C10H15Cl2N2OPS3/c1-3-5-18-16(17,15-4-2)19-7-8-6-9(11)14-10(12)13-8/h6H,3-5,7H2,1-2H3/t16-/m0/s1. The highest BCUT2D eigenvalue weighted by molar-refractivity contribution is 8.99. The Kier molecular flexibility index (Phi) is 8.61. The van der Waals surface area contributed by atoms with Crippen molar-refractivity contribution >= 4 is 62.4 Å². The molecule has 1 aromatic heterocycles. The third-order valence-electron chi connectivity index (χ3n) is 1.83. The van der Waals surface area contributed by atoms with E-state index in [0.717, 1.165) is 17.9 Å². The second-order valence-electron chi connectivity index (χ2n) is 3.42. The number of nitrogens with zero attached hydrogens (tertiary/aromatic N) is 2. The van der Waals surface area contributed by atoms with Crippen LogP contribution in [0.15, 0.2) is 6.07 Å². The normalized spacial score (nSPS) is 14.3. The summed E-state index contributed by atoms with van der Waals surface area (Å²) in [4.78, 5) is 7.95. The maximum atomic E-state index is 5.85. The van der Waals surface area contributed by atoms with Crippen LogP contribution < -0.4 is 0 Å². The van der Waals surface area contributed by atoms with Gasteiger partial charge in [-0.3, -0.25) is 0 Å². The van der Waals surface area contributed by atoms with Gasteiger partial charge in [0.2, 0.25) is 5.28 Å². The highest BCUT2D eigenvalue weighted by Gasteiger charge is 2.19. The van der Waals surface area contributed by atoms with Crippen LogP contribution in [0.2, 0.25) is 10.4 Å². The summed E-state index contributed by atoms with van der Waals surface area (Å²) in [6, 6.07) is 1.70. The second-order valence-corrected chi connectivity index (χ2v) is 14.8. The van der Waals surface area contributed by atoms with E-state index in [0.29, 0.717) is 17.5 Å². The Morgan fingerprint density at radius 1 is 1.32 bits per heavy atom. The van der Waals surface area contributed by atoms with Gasteiger partial charge in [-0.05, 0) is 42.8 Å². The molecule has 1 rings (SSSR count). The van der Waals surface area contributed by atoms with Gasteiger partial charge in [-0.15, -0.1) is 0 Å². The maximum absolute atomic E-state index is 5.85. The highest BCUT2D eigenvalue weighted by Crippen LogP contribution is 2.70. The van der Waals surface area contributed by atoms with Gasteiger partial charge in [-0.25, -0.2) is 9.97 Å². The van der Waals surface area contributed by atoms with Gasteiger partial charge in [-0.2, -0.15) is 0 Å². The number of hydrogen-bond acceptors (Lipinski definition) is 6. The average molecular weight is 377 g/mol. The topological polar surface area (TPSA) is 35.0 Å². The van der Waals surface area contributed by atoms with E-state index in [2.05, 4.69) is 16.9 Å². The molecule has 0 N–H and O–H groups in total. The molecular weight excluding hydrogens is 362 g/mol. The SMILES string of the molecule is CCCS[P@@](=S)(OCC)SCc1cc(Cl)nc(Cl)n1. The van der Waals surface area contributed by atoms with Crippen LogP contribution >= 0.6 is 50.6 Å². The molecule has 1 aromatic rings. The number of rotatable bonds is 8. The van der Waals surface area contributed by atoms with Crippen LogP contribution in [0, 0.1) is 0 Å². The molecule has 9 heteroatoms. The van der Waals surface area contributed by atoms with E-state index < -0.39 is 4.67 Å². The van der Waals surface area contributed by atoms with Crippen molar-refractivity contribution in [1.29, 1.82) is 0 Å². The van der Waals surface area contributed by atoms with E-state index in [1.807, 2.05) is 6.92 Å². The number of hydrogen-bond donors (Lipinski definition) is 0. The smallest absolute Gasteiger partial charge is 0.224 e. The Labute approximate surface area is 137 Å². The van der Waals surface area contributed by atoms with Crippen molar-refractivity contribution in [2.24, 2.45) is 0 Å². The van der Waals surface area contributed by atoms with E-state index in [4.69, 9.17) is 39.5 Å². The summed E-state index contributed by atoms with van der Waals surface area (Å²) in [5, 5.41) is 0.510. The third kappa shape index (κ3) is 6.98. The summed E-state index contributed by atoms with van der Waals surface area (Å²) in [6.07, 6.45) is 1.09. The van der Waals surface area contributed by atoms with Crippen molar-refractivity contribution < 1.29 is 4.52 Å². The van der Waals surface area contributed by atoms with E-state index in [9.17, 15) is 0 Å². The zero-order valence-electron chi connectivity index (χ0n) is 10.6. The van der Waals surface area contributed by atoms with Crippen molar-refractivity contribution in [3.63, 3.8) is 0 Å². The Hall–Kier alpha value is 0.970. The van der Waals surface area contributed by atoms with Crippen molar-refractivity contribution in [3.8, 4) is 0 Å². The predicted octanol–water partition coefficient (Wildman–Crippen LogP) is 5.42. The van der Waals surface area contributed by atoms with Crippen molar-refractivity contribution in [2.75, 3.05) is 12.4 Å². The van der Waals surface area contributed by atoms with Crippen molar-refractivity contribution in [2.45, 2.75) is 26.0 Å². The van der Waals surface area contributed by atoms with Crippen LogP contribution in [0.4, 0.5) is 0 Å².